The number of nitro groups is 1. The lowest BCUT2D eigenvalue weighted by Gasteiger charge is -2.32. The summed E-state index contributed by atoms with van der Waals surface area (Å²) in [5, 5.41) is 19.9. The Hall–Kier alpha value is -0.960. The minimum atomic E-state index is -4.72. The number of nitrogens with zero attached hydrogens (tertiary/aromatic N) is 1. The molecule has 1 aliphatic carbocycles. The highest BCUT2D eigenvalue weighted by Crippen LogP contribution is 2.36. The second kappa shape index (κ2) is 4.96. The van der Waals surface area contributed by atoms with Crippen LogP contribution in [-0.2, 0) is 10.1 Å². The van der Waals surface area contributed by atoms with Crippen LogP contribution in [-0.4, -0.2) is 40.0 Å². The number of rotatable bonds is 4. The average molecular weight is 298 g/mol. The van der Waals surface area contributed by atoms with Gasteiger partial charge in [-0.15, -0.1) is 11.6 Å². The van der Waals surface area contributed by atoms with E-state index in [1.807, 2.05) is 0 Å². The second-order valence-electron chi connectivity index (χ2n) is 3.83. The van der Waals surface area contributed by atoms with Crippen molar-refractivity contribution in [3.8, 4) is 0 Å². The highest BCUT2D eigenvalue weighted by atomic mass is 35.5. The lowest BCUT2D eigenvalue weighted by atomic mass is 9.84. The normalized spacial score (nSPS) is 29.8. The van der Waals surface area contributed by atoms with Crippen molar-refractivity contribution in [2.75, 3.05) is 0 Å². The van der Waals surface area contributed by atoms with Gasteiger partial charge in [0.15, 0.2) is 6.10 Å². The Kier molecular flexibility index (Phi) is 4.16. The number of allylic oxidation sites excluding steroid dienone is 2. The second-order valence-corrected chi connectivity index (χ2v) is 5.77. The highest BCUT2D eigenvalue weighted by Gasteiger charge is 2.57. The molecule has 0 aliphatic heterocycles. The van der Waals surface area contributed by atoms with Gasteiger partial charge in [0.25, 0.3) is 15.7 Å². The Balaban J connectivity index is 3.39. The summed E-state index contributed by atoms with van der Waals surface area (Å²) in [5.41, 5.74) is -2.17. The maximum Gasteiger partial charge on any atom is 0.293 e. The molecule has 0 saturated carbocycles. The van der Waals surface area contributed by atoms with Crippen molar-refractivity contribution in [1.29, 1.82) is 0 Å². The van der Waals surface area contributed by atoms with Crippen LogP contribution in [0, 0.1) is 10.1 Å². The van der Waals surface area contributed by atoms with Crippen molar-refractivity contribution < 1.29 is 23.0 Å². The molecule has 7 nitrogen and oxygen atoms in total. The van der Waals surface area contributed by atoms with Crippen LogP contribution >= 0.6 is 11.6 Å². The zero-order chi connectivity index (χ0) is 14.1. The fraction of sp³-hybridized carbons (Fsp3) is 0.556. The molecule has 9 heteroatoms. The third kappa shape index (κ3) is 2.28. The quantitative estimate of drug-likeness (QED) is 0.342. The lowest BCUT2D eigenvalue weighted by Crippen LogP contribution is -2.56. The lowest BCUT2D eigenvalue weighted by molar-refractivity contribution is -0.565. The fourth-order valence-corrected chi connectivity index (χ4v) is 2.81. The first kappa shape index (κ1) is 15.1. The topological polar surface area (TPSA) is 118 Å². The molecular weight excluding hydrogens is 286 g/mol. The number of aliphatic hydroxyl groups excluding tert-OH is 1. The van der Waals surface area contributed by atoms with Gasteiger partial charge in [-0.1, -0.05) is 13.0 Å². The van der Waals surface area contributed by atoms with E-state index >= 15 is 0 Å². The molecule has 0 aromatic carbocycles. The van der Waals surface area contributed by atoms with E-state index in [4.69, 9.17) is 16.2 Å². The van der Waals surface area contributed by atoms with Gasteiger partial charge in [-0.05, 0) is 18.6 Å². The van der Waals surface area contributed by atoms with E-state index in [0.29, 0.717) is 0 Å². The summed E-state index contributed by atoms with van der Waals surface area (Å²) in [5.74, 6) is 0. The molecule has 3 unspecified atom stereocenters. The summed E-state index contributed by atoms with van der Waals surface area (Å²) in [6.07, 6.45) is 1.14. The van der Waals surface area contributed by atoms with Crippen LogP contribution in [0.15, 0.2) is 23.1 Å². The largest absolute Gasteiger partial charge is 0.380 e. The van der Waals surface area contributed by atoms with E-state index in [-0.39, 0.29) is 6.42 Å². The molecule has 102 valence electrons. The average Bonchev–Trinajstić information content (AvgIpc) is 2.26. The van der Waals surface area contributed by atoms with E-state index in [1.54, 1.807) is 6.92 Å². The molecular formula is C9H12ClNO6S. The predicted molar refractivity (Wildman–Crippen MR) is 64.4 cm³/mol. The summed E-state index contributed by atoms with van der Waals surface area (Å²) in [6.45, 7) is 1.56. The van der Waals surface area contributed by atoms with E-state index in [9.17, 15) is 23.6 Å². The van der Waals surface area contributed by atoms with Crippen molar-refractivity contribution in [3.05, 3.63) is 33.2 Å². The Morgan fingerprint density at radius 2 is 2.22 bits per heavy atom. The minimum Gasteiger partial charge on any atom is -0.380 e. The Morgan fingerprint density at radius 3 is 2.61 bits per heavy atom. The molecule has 0 spiro atoms. The maximum atomic E-state index is 11.2. The zero-order valence-electron chi connectivity index (χ0n) is 9.35. The van der Waals surface area contributed by atoms with Gasteiger partial charge in [0.1, 0.15) is 10.3 Å². The van der Waals surface area contributed by atoms with Crippen LogP contribution in [0.3, 0.4) is 0 Å². The first-order valence-corrected chi connectivity index (χ1v) is 6.89. The number of alkyl halides is 1. The van der Waals surface area contributed by atoms with Gasteiger partial charge < -0.3 is 5.11 Å². The van der Waals surface area contributed by atoms with Crippen molar-refractivity contribution in [2.24, 2.45) is 0 Å². The van der Waals surface area contributed by atoms with Gasteiger partial charge in [-0.2, -0.15) is 8.42 Å². The molecule has 0 bridgehead atoms. The van der Waals surface area contributed by atoms with Gasteiger partial charge in [-0.25, -0.2) is 0 Å². The van der Waals surface area contributed by atoms with E-state index in [1.165, 1.54) is 0 Å². The standard InChI is InChI=1S/C9H12ClNO6S/c1-2-7(10)9(11(13)14)5-3-4-6(8(9)12)18(15,16)17/h3-5,7-8,12H,2H2,1H3,(H,15,16,17). The van der Waals surface area contributed by atoms with E-state index in [2.05, 4.69) is 0 Å². The van der Waals surface area contributed by atoms with Gasteiger partial charge in [0, 0.05) is 4.92 Å². The molecule has 0 radical (unpaired) electrons. The molecule has 2 N–H and O–H groups in total. The monoisotopic (exact) mass is 297 g/mol. The molecule has 0 heterocycles. The van der Waals surface area contributed by atoms with Crippen molar-refractivity contribution in [2.45, 2.75) is 30.4 Å². The van der Waals surface area contributed by atoms with Crippen LogP contribution in [0.1, 0.15) is 13.3 Å². The number of halogens is 1. The van der Waals surface area contributed by atoms with Crippen LogP contribution in [0.5, 0.6) is 0 Å². The predicted octanol–water partition coefficient (Wildman–Crippen LogP) is 0.722. The van der Waals surface area contributed by atoms with E-state index < -0.39 is 37.0 Å². The molecule has 0 saturated heterocycles. The molecule has 0 aromatic heterocycles. The Morgan fingerprint density at radius 1 is 1.67 bits per heavy atom. The number of hydrogen-bond donors (Lipinski definition) is 2. The molecule has 3 atom stereocenters. The molecule has 0 fully saturated rings. The number of hydrogen-bond acceptors (Lipinski definition) is 5. The Labute approximate surface area is 109 Å². The van der Waals surface area contributed by atoms with Crippen molar-refractivity contribution in [1.82, 2.24) is 0 Å². The number of aliphatic hydroxyl groups is 1. The summed E-state index contributed by atoms with van der Waals surface area (Å²) in [6, 6.07) is 0. The van der Waals surface area contributed by atoms with Crippen molar-refractivity contribution >= 4 is 21.7 Å². The zero-order valence-corrected chi connectivity index (χ0v) is 10.9. The molecule has 18 heavy (non-hydrogen) atoms. The summed E-state index contributed by atoms with van der Waals surface area (Å²) in [4.78, 5) is 9.49. The van der Waals surface area contributed by atoms with Crippen LogP contribution < -0.4 is 0 Å². The summed E-state index contributed by atoms with van der Waals surface area (Å²) >= 11 is 5.85. The first-order valence-electron chi connectivity index (χ1n) is 5.01. The van der Waals surface area contributed by atoms with Crippen molar-refractivity contribution in [3.63, 3.8) is 0 Å². The van der Waals surface area contributed by atoms with Gasteiger partial charge in [0.2, 0.25) is 0 Å². The minimum absolute atomic E-state index is 0.142. The Bertz CT molecular complexity index is 513. The third-order valence-electron chi connectivity index (χ3n) is 2.81. The maximum absolute atomic E-state index is 11.2. The molecule has 1 aliphatic rings. The first-order chi connectivity index (χ1) is 8.17. The fourth-order valence-electron chi connectivity index (χ4n) is 1.81. The smallest absolute Gasteiger partial charge is 0.293 e. The summed E-state index contributed by atoms with van der Waals surface area (Å²) < 4.78 is 31.0. The van der Waals surface area contributed by atoms with Crippen LogP contribution in [0.25, 0.3) is 0 Å². The molecule has 0 amide bonds. The van der Waals surface area contributed by atoms with Crippen LogP contribution in [0.4, 0.5) is 0 Å². The molecule has 0 aromatic rings. The van der Waals surface area contributed by atoms with Gasteiger partial charge in [-0.3, -0.25) is 14.7 Å². The SMILES string of the molecule is CCC(Cl)C1([N+](=O)[O-])C=CC=C(S(=O)(=O)O)C1O. The molecule has 1 rings (SSSR count). The highest BCUT2D eigenvalue weighted by molar-refractivity contribution is 7.89. The third-order valence-corrected chi connectivity index (χ3v) is 4.42. The van der Waals surface area contributed by atoms with Gasteiger partial charge >= 0.3 is 0 Å². The van der Waals surface area contributed by atoms with Crippen LogP contribution in [0.2, 0.25) is 0 Å². The summed E-state index contributed by atoms with van der Waals surface area (Å²) in [7, 11) is -4.72. The van der Waals surface area contributed by atoms with E-state index in [0.717, 1.165) is 18.2 Å². The van der Waals surface area contributed by atoms with Gasteiger partial charge in [0.05, 0.1) is 0 Å².